The Morgan fingerprint density at radius 2 is 2.00 bits per heavy atom. The molecule has 4 heteroatoms. The van der Waals surface area contributed by atoms with Gasteiger partial charge in [-0.1, -0.05) is 30.3 Å². The number of benzene rings is 1. The number of hydrogen-bond donors (Lipinski definition) is 2. The first kappa shape index (κ1) is 11.0. The number of aliphatic carboxylic acids is 1. The van der Waals surface area contributed by atoms with Crippen LogP contribution in [0.5, 0.6) is 0 Å². The van der Waals surface area contributed by atoms with Gasteiger partial charge in [-0.25, -0.2) is 0 Å². The van der Waals surface area contributed by atoms with Gasteiger partial charge in [-0.05, 0) is 5.56 Å². The topological polar surface area (TPSA) is 63.3 Å². The van der Waals surface area contributed by atoms with E-state index in [-0.39, 0.29) is 6.54 Å². The molecule has 1 aromatic carbocycles. The quantitative estimate of drug-likeness (QED) is 0.744. The summed E-state index contributed by atoms with van der Waals surface area (Å²) in [7, 11) is 0. The third-order valence-electron chi connectivity index (χ3n) is 2.01. The van der Waals surface area contributed by atoms with Crippen LogP contribution in [0.15, 0.2) is 30.3 Å². The maximum Gasteiger partial charge on any atom is 0.312 e. The lowest BCUT2D eigenvalue weighted by Gasteiger charge is -2.16. The highest BCUT2D eigenvalue weighted by molar-refractivity contribution is 6.22. The van der Waals surface area contributed by atoms with E-state index in [9.17, 15) is 4.79 Å². The molecule has 0 bridgehead atoms. The molecular formula is C10H12ClNO2. The molecule has 1 aromatic rings. The number of alkyl halides is 1. The van der Waals surface area contributed by atoms with E-state index in [1.165, 1.54) is 0 Å². The Hall–Kier alpha value is -1.06. The molecule has 0 aliphatic rings. The first-order valence-corrected chi connectivity index (χ1v) is 4.72. The van der Waals surface area contributed by atoms with Crippen molar-refractivity contribution in [2.45, 2.75) is 11.3 Å². The van der Waals surface area contributed by atoms with E-state index in [1.807, 2.05) is 6.07 Å². The third-order valence-corrected chi connectivity index (χ3v) is 2.44. The highest BCUT2D eigenvalue weighted by atomic mass is 35.5. The summed E-state index contributed by atoms with van der Waals surface area (Å²) in [5.41, 5.74) is 6.04. The van der Waals surface area contributed by atoms with Crippen molar-refractivity contribution >= 4 is 17.6 Å². The van der Waals surface area contributed by atoms with E-state index in [0.29, 0.717) is 5.56 Å². The van der Waals surface area contributed by atoms with Gasteiger partial charge in [-0.3, -0.25) is 4.79 Å². The summed E-state index contributed by atoms with van der Waals surface area (Å²) >= 11 is 5.85. The Bertz CT molecular complexity index is 302. The predicted octanol–water partition coefficient (Wildman–Crippen LogP) is 1.42. The van der Waals surface area contributed by atoms with Gasteiger partial charge in [0.1, 0.15) is 0 Å². The molecule has 2 unspecified atom stereocenters. The molecule has 0 saturated carbocycles. The second-order valence-electron chi connectivity index (χ2n) is 2.98. The van der Waals surface area contributed by atoms with Gasteiger partial charge in [-0.2, -0.15) is 0 Å². The maximum atomic E-state index is 11.0. The number of hydrogen-bond acceptors (Lipinski definition) is 2. The second kappa shape index (κ2) is 4.98. The average Bonchev–Trinajstić information content (AvgIpc) is 2.19. The first-order valence-electron chi connectivity index (χ1n) is 4.28. The zero-order chi connectivity index (χ0) is 10.6. The molecule has 0 aliphatic heterocycles. The minimum absolute atomic E-state index is 0.146. The highest BCUT2D eigenvalue weighted by Crippen LogP contribution is 2.23. The van der Waals surface area contributed by atoms with Gasteiger partial charge in [0.05, 0.1) is 11.3 Å². The fourth-order valence-electron chi connectivity index (χ4n) is 1.30. The van der Waals surface area contributed by atoms with Crippen LogP contribution in [-0.4, -0.2) is 23.0 Å². The van der Waals surface area contributed by atoms with E-state index in [1.54, 1.807) is 24.3 Å². The number of carboxylic acid groups (broad SMARTS) is 1. The summed E-state index contributed by atoms with van der Waals surface area (Å²) in [4.78, 5) is 11.0. The molecule has 0 aromatic heterocycles. The molecule has 0 radical (unpaired) electrons. The van der Waals surface area contributed by atoms with Crippen LogP contribution in [0.4, 0.5) is 0 Å². The van der Waals surface area contributed by atoms with Gasteiger partial charge in [0.25, 0.3) is 0 Å². The fourth-order valence-corrected chi connectivity index (χ4v) is 1.56. The monoisotopic (exact) mass is 213 g/mol. The van der Waals surface area contributed by atoms with Crippen molar-refractivity contribution in [1.29, 1.82) is 0 Å². The lowest BCUT2D eigenvalue weighted by Crippen LogP contribution is -2.28. The zero-order valence-corrected chi connectivity index (χ0v) is 8.32. The summed E-state index contributed by atoms with van der Waals surface area (Å²) in [6, 6.07) is 8.87. The minimum Gasteiger partial charge on any atom is -0.481 e. The van der Waals surface area contributed by atoms with Crippen LogP contribution in [0.3, 0.4) is 0 Å². The Labute approximate surface area is 87.5 Å². The molecule has 14 heavy (non-hydrogen) atoms. The molecule has 0 amide bonds. The average molecular weight is 214 g/mol. The van der Waals surface area contributed by atoms with Crippen LogP contribution in [0.1, 0.15) is 11.5 Å². The summed E-state index contributed by atoms with van der Waals surface area (Å²) < 4.78 is 0. The van der Waals surface area contributed by atoms with Crippen molar-refractivity contribution < 1.29 is 9.90 Å². The number of halogens is 1. The van der Waals surface area contributed by atoms with E-state index in [0.717, 1.165) is 0 Å². The molecule has 0 fully saturated rings. The SMILES string of the molecule is NCC(Cl)C(C(=O)O)c1ccccc1. The molecule has 2 atom stereocenters. The van der Waals surface area contributed by atoms with Crippen LogP contribution >= 0.6 is 11.6 Å². The summed E-state index contributed by atoms with van der Waals surface area (Å²) in [6.45, 7) is 0.146. The smallest absolute Gasteiger partial charge is 0.312 e. The number of carboxylic acids is 1. The van der Waals surface area contributed by atoms with E-state index < -0.39 is 17.3 Å². The fraction of sp³-hybridized carbons (Fsp3) is 0.300. The van der Waals surface area contributed by atoms with Gasteiger partial charge < -0.3 is 10.8 Å². The molecule has 3 N–H and O–H groups in total. The molecule has 0 heterocycles. The second-order valence-corrected chi connectivity index (χ2v) is 3.54. The number of nitrogens with two attached hydrogens (primary N) is 1. The van der Waals surface area contributed by atoms with Crippen LogP contribution in [0, 0.1) is 0 Å². The van der Waals surface area contributed by atoms with E-state index in [2.05, 4.69) is 0 Å². The van der Waals surface area contributed by atoms with Gasteiger partial charge >= 0.3 is 5.97 Å². The molecule has 0 aliphatic carbocycles. The standard InChI is InChI=1S/C10H12ClNO2/c11-8(6-12)9(10(13)14)7-4-2-1-3-5-7/h1-5,8-9H,6,12H2,(H,13,14). The number of rotatable bonds is 4. The van der Waals surface area contributed by atoms with Crippen LogP contribution < -0.4 is 5.73 Å². The van der Waals surface area contributed by atoms with Crippen LogP contribution in [-0.2, 0) is 4.79 Å². The zero-order valence-electron chi connectivity index (χ0n) is 7.56. The van der Waals surface area contributed by atoms with E-state index in [4.69, 9.17) is 22.4 Å². The molecule has 0 spiro atoms. The molecule has 76 valence electrons. The van der Waals surface area contributed by atoms with Gasteiger partial charge in [0.15, 0.2) is 0 Å². The Kier molecular flexibility index (Phi) is 3.92. The lowest BCUT2D eigenvalue weighted by molar-refractivity contribution is -0.138. The predicted molar refractivity (Wildman–Crippen MR) is 55.5 cm³/mol. The molecule has 3 nitrogen and oxygen atoms in total. The largest absolute Gasteiger partial charge is 0.481 e. The molecule has 0 saturated heterocycles. The molecule has 1 rings (SSSR count). The molecular weight excluding hydrogens is 202 g/mol. The van der Waals surface area contributed by atoms with Crippen molar-refractivity contribution in [2.75, 3.05) is 6.54 Å². The Morgan fingerprint density at radius 3 is 2.43 bits per heavy atom. The first-order chi connectivity index (χ1) is 6.66. The summed E-state index contributed by atoms with van der Waals surface area (Å²) in [6.07, 6.45) is 0. The lowest BCUT2D eigenvalue weighted by atomic mass is 9.95. The van der Waals surface area contributed by atoms with Crippen molar-refractivity contribution in [1.82, 2.24) is 0 Å². The van der Waals surface area contributed by atoms with Gasteiger partial charge in [0.2, 0.25) is 0 Å². The van der Waals surface area contributed by atoms with E-state index >= 15 is 0 Å². The Morgan fingerprint density at radius 1 is 1.43 bits per heavy atom. The van der Waals surface area contributed by atoms with Crippen LogP contribution in [0.2, 0.25) is 0 Å². The number of carbonyl (C=O) groups is 1. The van der Waals surface area contributed by atoms with Crippen LogP contribution in [0.25, 0.3) is 0 Å². The third kappa shape index (κ3) is 2.47. The Balaban J connectivity index is 2.95. The highest BCUT2D eigenvalue weighted by Gasteiger charge is 2.26. The van der Waals surface area contributed by atoms with Gasteiger partial charge in [-0.15, -0.1) is 11.6 Å². The summed E-state index contributed by atoms with van der Waals surface area (Å²) in [5.74, 6) is -1.68. The van der Waals surface area contributed by atoms with Crippen molar-refractivity contribution in [3.63, 3.8) is 0 Å². The minimum atomic E-state index is -0.943. The summed E-state index contributed by atoms with van der Waals surface area (Å²) in [5, 5.41) is 8.41. The maximum absolute atomic E-state index is 11.0. The van der Waals surface area contributed by atoms with Crippen molar-refractivity contribution in [3.8, 4) is 0 Å². The van der Waals surface area contributed by atoms with Gasteiger partial charge in [0, 0.05) is 6.54 Å². The van der Waals surface area contributed by atoms with Crippen molar-refractivity contribution in [2.24, 2.45) is 5.73 Å². The van der Waals surface area contributed by atoms with Crippen molar-refractivity contribution in [3.05, 3.63) is 35.9 Å². The normalized spacial score (nSPS) is 14.7.